The molecule has 1 atom stereocenters. The van der Waals surface area contributed by atoms with Crippen LogP contribution in [-0.2, 0) is 11.3 Å². The second kappa shape index (κ2) is 5.79. The summed E-state index contributed by atoms with van der Waals surface area (Å²) in [7, 11) is 0. The van der Waals surface area contributed by atoms with Crippen LogP contribution in [0.3, 0.4) is 0 Å². The fourth-order valence-corrected chi connectivity index (χ4v) is 3.75. The lowest BCUT2D eigenvalue weighted by molar-refractivity contribution is -0.135. The number of carbonyl (C=O) groups excluding carboxylic acids is 1. The predicted octanol–water partition coefficient (Wildman–Crippen LogP) is 0.813. The van der Waals surface area contributed by atoms with Crippen LogP contribution < -0.4 is 4.90 Å². The van der Waals surface area contributed by atoms with E-state index in [0.29, 0.717) is 25.3 Å². The van der Waals surface area contributed by atoms with Crippen LogP contribution in [-0.4, -0.2) is 59.8 Å². The van der Waals surface area contributed by atoms with Crippen LogP contribution in [0.25, 0.3) is 5.78 Å². The lowest BCUT2D eigenvalue weighted by atomic mass is 10.1. The molecule has 1 fully saturated rings. The summed E-state index contributed by atoms with van der Waals surface area (Å²) in [5.41, 5.74) is 1.99. The van der Waals surface area contributed by atoms with E-state index in [1.54, 1.807) is 4.52 Å². The number of amides is 1. The molecule has 0 radical (unpaired) electrons. The summed E-state index contributed by atoms with van der Waals surface area (Å²) < 4.78 is 3.76. The van der Waals surface area contributed by atoms with Gasteiger partial charge in [0.1, 0.15) is 12.1 Å². The summed E-state index contributed by atoms with van der Waals surface area (Å²) in [5.74, 6) is 1.74. The number of anilines is 1. The van der Waals surface area contributed by atoms with Crippen LogP contribution in [0.4, 0.5) is 5.82 Å². The van der Waals surface area contributed by atoms with Gasteiger partial charge in [-0.2, -0.15) is 19.7 Å². The second-order valence-corrected chi connectivity index (χ2v) is 6.97. The topological polar surface area (TPSA) is 84.5 Å². The zero-order chi connectivity index (χ0) is 17.7. The van der Waals surface area contributed by atoms with Crippen molar-refractivity contribution in [1.82, 2.24) is 34.3 Å². The van der Waals surface area contributed by atoms with Crippen molar-refractivity contribution < 1.29 is 4.79 Å². The molecule has 0 unspecified atom stereocenters. The highest BCUT2D eigenvalue weighted by molar-refractivity contribution is 5.77. The third-order valence-corrected chi connectivity index (χ3v) is 5.19. The summed E-state index contributed by atoms with van der Waals surface area (Å²) in [6.07, 6.45) is 4.90. The molecule has 3 aromatic heterocycles. The van der Waals surface area contributed by atoms with E-state index in [4.69, 9.17) is 0 Å². The third-order valence-electron chi connectivity index (χ3n) is 5.19. The lowest BCUT2D eigenvalue weighted by Crippen LogP contribution is -2.45. The smallest absolute Gasteiger partial charge is 0.254 e. The minimum atomic E-state index is 0.00823. The average molecular weight is 352 g/mol. The minimum absolute atomic E-state index is 0.00823. The quantitative estimate of drug-likeness (QED) is 0.694. The first-order chi connectivity index (χ1) is 12.7. The van der Waals surface area contributed by atoms with Crippen molar-refractivity contribution in [3.8, 4) is 0 Å². The molecule has 0 saturated carbocycles. The Balaban J connectivity index is 1.49. The molecule has 0 aliphatic carbocycles. The Hall–Kier alpha value is -2.97. The largest absolute Gasteiger partial charge is 0.348 e. The van der Waals surface area contributed by atoms with Crippen LogP contribution in [0.2, 0.25) is 0 Å². The fourth-order valence-electron chi connectivity index (χ4n) is 3.75. The van der Waals surface area contributed by atoms with E-state index in [-0.39, 0.29) is 11.9 Å². The van der Waals surface area contributed by atoms with Gasteiger partial charge >= 0.3 is 0 Å². The maximum atomic E-state index is 12.5. The molecule has 2 aliphatic rings. The number of aryl methyl sites for hydroxylation is 1. The minimum Gasteiger partial charge on any atom is -0.348 e. The Bertz CT molecular complexity index is 972. The van der Waals surface area contributed by atoms with Crippen molar-refractivity contribution >= 4 is 17.5 Å². The molecule has 0 bridgehead atoms. The van der Waals surface area contributed by atoms with E-state index in [0.717, 1.165) is 36.7 Å². The predicted molar refractivity (Wildman–Crippen MR) is 93.6 cm³/mol. The number of likely N-dealkylation sites (tertiary alicyclic amines) is 1. The highest BCUT2D eigenvalue weighted by Crippen LogP contribution is 2.28. The van der Waals surface area contributed by atoms with Crippen LogP contribution in [0.15, 0.2) is 24.7 Å². The Morgan fingerprint density at radius 1 is 1.31 bits per heavy atom. The molecule has 134 valence electrons. The normalized spacial score (nSPS) is 19.5. The first-order valence-electron chi connectivity index (χ1n) is 8.91. The highest BCUT2D eigenvalue weighted by Gasteiger charge is 2.31. The van der Waals surface area contributed by atoms with Gasteiger partial charge in [-0.3, -0.25) is 9.48 Å². The van der Waals surface area contributed by atoms with Gasteiger partial charge in [0.05, 0.1) is 24.7 Å². The molecule has 3 aromatic rings. The van der Waals surface area contributed by atoms with E-state index in [2.05, 4.69) is 25.1 Å². The zero-order valence-corrected chi connectivity index (χ0v) is 14.6. The first-order valence-corrected chi connectivity index (χ1v) is 8.91. The van der Waals surface area contributed by atoms with Crippen molar-refractivity contribution in [3.63, 3.8) is 0 Å². The fraction of sp³-hybridized carbons (Fsp3) is 0.471. The van der Waals surface area contributed by atoms with Crippen LogP contribution in [0, 0.1) is 6.92 Å². The Labute approximate surface area is 150 Å². The average Bonchev–Trinajstić information content (AvgIpc) is 3.20. The molecule has 0 spiro atoms. The number of hydrogen-bond acceptors (Lipinski definition) is 6. The first kappa shape index (κ1) is 15.3. The number of rotatable bonds is 3. The molecule has 26 heavy (non-hydrogen) atoms. The Kier molecular flexibility index (Phi) is 3.41. The molecule has 9 heteroatoms. The molecule has 2 aliphatic heterocycles. The molecule has 1 saturated heterocycles. The lowest BCUT2D eigenvalue weighted by Gasteiger charge is -2.37. The van der Waals surface area contributed by atoms with E-state index in [1.807, 2.05) is 34.8 Å². The monoisotopic (exact) mass is 352 g/mol. The van der Waals surface area contributed by atoms with Gasteiger partial charge < -0.3 is 9.80 Å². The maximum absolute atomic E-state index is 12.5. The molecule has 1 amide bonds. The van der Waals surface area contributed by atoms with E-state index in [9.17, 15) is 4.79 Å². The van der Waals surface area contributed by atoms with Crippen LogP contribution in [0.5, 0.6) is 0 Å². The summed E-state index contributed by atoms with van der Waals surface area (Å²) >= 11 is 0. The molecule has 5 rings (SSSR count). The number of carbonyl (C=O) groups is 1. The summed E-state index contributed by atoms with van der Waals surface area (Å²) in [5, 5.41) is 8.78. The summed E-state index contributed by atoms with van der Waals surface area (Å²) in [6.45, 7) is 5.13. The van der Waals surface area contributed by atoms with Gasteiger partial charge in [0.15, 0.2) is 0 Å². The molecule has 0 N–H and O–H groups in total. The Morgan fingerprint density at radius 3 is 3.00 bits per heavy atom. The van der Waals surface area contributed by atoms with E-state index in [1.165, 1.54) is 6.33 Å². The Morgan fingerprint density at radius 2 is 2.19 bits per heavy atom. The van der Waals surface area contributed by atoms with Gasteiger partial charge in [0, 0.05) is 37.6 Å². The van der Waals surface area contributed by atoms with Crippen LogP contribution >= 0.6 is 0 Å². The summed E-state index contributed by atoms with van der Waals surface area (Å²) in [6, 6.07) is 4.04. The second-order valence-electron chi connectivity index (χ2n) is 6.97. The van der Waals surface area contributed by atoms with Gasteiger partial charge in [0.25, 0.3) is 5.78 Å². The molecular weight excluding hydrogens is 332 g/mol. The number of hydrogen-bond donors (Lipinski definition) is 0. The van der Waals surface area contributed by atoms with E-state index >= 15 is 0 Å². The van der Waals surface area contributed by atoms with Gasteiger partial charge in [-0.1, -0.05) is 0 Å². The van der Waals surface area contributed by atoms with Crippen molar-refractivity contribution in [2.24, 2.45) is 0 Å². The molecule has 9 nitrogen and oxygen atoms in total. The third kappa shape index (κ3) is 2.42. The highest BCUT2D eigenvalue weighted by atomic mass is 16.2. The van der Waals surface area contributed by atoms with Gasteiger partial charge in [-0.05, 0) is 19.4 Å². The summed E-state index contributed by atoms with van der Waals surface area (Å²) in [4.78, 5) is 25.3. The number of fused-ring (bicyclic) bond motifs is 2. The van der Waals surface area contributed by atoms with Crippen LogP contribution in [0.1, 0.15) is 30.3 Å². The molecular formula is C17H20N8O. The number of aromatic nitrogens is 6. The number of nitrogens with zero attached hydrogens (tertiary/aromatic N) is 8. The zero-order valence-electron chi connectivity index (χ0n) is 14.6. The standard InChI is InChI=1S/C17H20N8O/c1-12-7-15(25-17(21-12)18-11-20-25)23-9-13-3-4-19-24(13)14(10-23)8-16(26)22-5-2-6-22/h3-4,7,11,14H,2,5-6,8-10H2,1H3/t14-/m1/s1. The maximum Gasteiger partial charge on any atom is 0.254 e. The molecule has 0 aromatic carbocycles. The van der Waals surface area contributed by atoms with E-state index < -0.39 is 0 Å². The van der Waals surface area contributed by atoms with Crippen molar-refractivity contribution in [3.05, 3.63) is 36.0 Å². The van der Waals surface area contributed by atoms with Gasteiger partial charge in [-0.15, -0.1) is 0 Å². The van der Waals surface area contributed by atoms with Crippen molar-refractivity contribution in [1.29, 1.82) is 0 Å². The SMILES string of the molecule is Cc1cc(N2Cc3ccnn3[C@H](CC(=O)N3CCC3)C2)n2ncnc2n1. The molecule has 5 heterocycles. The van der Waals surface area contributed by atoms with Crippen molar-refractivity contribution in [2.45, 2.75) is 32.4 Å². The van der Waals surface area contributed by atoms with Gasteiger partial charge in [0.2, 0.25) is 5.91 Å². The van der Waals surface area contributed by atoms with Crippen molar-refractivity contribution in [2.75, 3.05) is 24.5 Å². The van der Waals surface area contributed by atoms with Gasteiger partial charge in [-0.25, -0.2) is 4.98 Å².